The highest BCUT2D eigenvalue weighted by Crippen LogP contribution is 2.20. The molecule has 0 atom stereocenters. The van der Waals surface area contributed by atoms with E-state index in [1.54, 1.807) is 0 Å². The molecule has 16 nitrogen and oxygen atoms in total. The van der Waals surface area contributed by atoms with Crippen LogP contribution in [-0.4, -0.2) is 102 Å². The van der Waals surface area contributed by atoms with E-state index >= 15 is 0 Å². The van der Waals surface area contributed by atoms with Gasteiger partial charge in [0.05, 0.1) is 10.8 Å². The highest BCUT2D eigenvalue weighted by Gasteiger charge is 2.17. The Morgan fingerprint density at radius 1 is 0.825 bits per heavy atom. The van der Waals surface area contributed by atoms with Gasteiger partial charge in [-0.15, -0.1) is 0 Å². The predicted molar refractivity (Wildman–Crippen MR) is 139 cm³/mol. The Bertz CT molecular complexity index is 1560. The van der Waals surface area contributed by atoms with Gasteiger partial charge in [0.15, 0.2) is 11.3 Å². The number of nitrogens with one attached hydrogen (secondary N) is 2. The van der Waals surface area contributed by atoms with Crippen LogP contribution in [0.5, 0.6) is 0 Å². The first-order chi connectivity index (χ1) is 19.0. The third kappa shape index (κ3) is 7.54. The first kappa shape index (κ1) is 29.1. The Hall–Kier alpha value is -5.45. The summed E-state index contributed by atoms with van der Waals surface area (Å²) in [5.41, 5.74) is 11.4. The minimum Gasteiger partial charge on any atom is -0.478 e. The number of aromatic amines is 2. The fourth-order valence-corrected chi connectivity index (χ4v) is 3.49. The van der Waals surface area contributed by atoms with Crippen molar-refractivity contribution >= 4 is 51.6 Å². The summed E-state index contributed by atoms with van der Waals surface area (Å²) in [6.45, 7) is 3.93. The number of nitrogens with two attached hydrogens (primary N) is 2. The topological polar surface area (TPSA) is 250 Å². The van der Waals surface area contributed by atoms with E-state index in [2.05, 4.69) is 47.2 Å². The van der Waals surface area contributed by atoms with E-state index in [4.69, 9.17) is 21.7 Å². The Morgan fingerprint density at radius 2 is 1.30 bits per heavy atom. The summed E-state index contributed by atoms with van der Waals surface area (Å²) in [6, 6.07) is 6.31. The van der Waals surface area contributed by atoms with E-state index in [-0.39, 0.29) is 11.3 Å². The van der Waals surface area contributed by atoms with Gasteiger partial charge < -0.3 is 31.5 Å². The smallest absolute Gasteiger partial charge is 0.328 e. The molecule has 4 aromatic rings. The summed E-state index contributed by atoms with van der Waals surface area (Å²) in [4.78, 5) is 53.6. The zero-order valence-electron chi connectivity index (χ0n) is 21.0. The van der Waals surface area contributed by atoms with Gasteiger partial charge in [0.25, 0.3) is 11.8 Å². The number of fused-ring (bicyclic) bond motifs is 2. The summed E-state index contributed by atoms with van der Waals surface area (Å²) >= 11 is 0. The first-order valence-electron chi connectivity index (χ1n) is 11.5. The number of halogens is 1. The maximum absolute atomic E-state index is 12.6. The number of rotatable bonds is 5. The number of aromatic nitrogens is 6. The molecular weight excluding hydrogens is 531 g/mol. The Kier molecular flexibility index (Phi) is 9.37. The van der Waals surface area contributed by atoms with Crippen LogP contribution in [0.1, 0.15) is 21.0 Å². The molecule has 0 aliphatic carbocycles. The number of hydrogen-bond donors (Lipinski definition) is 6. The second kappa shape index (κ2) is 12.9. The Morgan fingerprint density at radius 3 is 1.77 bits per heavy atom. The lowest BCUT2D eigenvalue weighted by Gasteiger charge is -2.33. The molecule has 0 saturated carbocycles. The van der Waals surface area contributed by atoms with E-state index in [0.717, 1.165) is 38.1 Å². The molecule has 4 aromatic heterocycles. The number of carbonyl (C=O) groups excluding carboxylic acids is 2. The van der Waals surface area contributed by atoms with Crippen LogP contribution in [0, 0.1) is 5.95 Å². The number of pyridine rings is 2. The monoisotopic (exact) mass is 556 g/mol. The largest absolute Gasteiger partial charge is 0.478 e. The number of anilines is 1. The normalized spacial score (nSPS) is 13.4. The average Bonchev–Trinajstić information content (AvgIpc) is 3.52. The molecule has 1 aliphatic rings. The molecule has 0 bridgehead atoms. The number of aliphatic carboxylic acids is 2. The number of carboxylic acids is 2. The summed E-state index contributed by atoms with van der Waals surface area (Å²) in [5.74, 6) is -3.43. The molecule has 0 spiro atoms. The number of likely N-dealkylation sites (N-methyl/N-ethyl adjacent to an activating group) is 1. The molecule has 1 aliphatic heterocycles. The second-order valence-corrected chi connectivity index (χ2v) is 8.27. The molecule has 0 radical (unpaired) electrons. The van der Waals surface area contributed by atoms with Gasteiger partial charge >= 0.3 is 11.9 Å². The van der Waals surface area contributed by atoms with Crippen molar-refractivity contribution in [3.05, 3.63) is 53.8 Å². The number of amides is 2. The molecule has 8 N–H and O–H groups in total. The summed E-state index contributed by atoms with van der Waals surface area (Å²) in [5, 5.41) is 29.4. The quantitative estimate of drug-likeness (QED) is 0.137. The Labute approximate surface area is 224 Å². The van der Waals surface area contributed by atoms with Gasteiger partial charge in [0.2, 0.25) is 5.95 Å². The molecule has 210 valence electrons. The fraction of sp³-hybridized carbons (Fsp3) is 0.217. The predicted octanol–water partition coefficient (Wildman–Crippen LogP) is -0.284. The van der Waals surface area contributed by atoms with E-state index < -0.39 is 29.7 Å². The summed E-state index contributed by atoms with van der Waals surface area (Å²) in [7, 11) is 2.11. The lowest BCUT2D eigenvalue weighted by Crippen LogP contribution is -2.44. The fourth-order valence-electron chi connectivity index (χ4n) is 3.49. The van der Waals surface area contributed by atoms with E-state index in [0.29, 0.717) is 34.3 Å². The molecule has 2 amide bonds. The van der Waals surface area contributed by atoms with Crippen molar-refractivity contribution in [1.29, 1.82) is 0 Å². The maximum atomic E-state index is 12.6. The molecule has 0 aromatic carbocycles. The van der Waals surface area contributed by atoms with Crippen LogP contribution in [0.25, 0.3) is 22.1 Å². The van der Waals surface area contributed by atoms with Gasteiger partial charge in [-0.3, -0.25) is 19.8 Å². The number of piperazine rings is 1. The van der Waals surface area contributed by atoms with Crippen molar-refractivity contribution in [2.24, 2.45) is 11.5 Å². The SMILES string of the molecule is CN1CCN(c2ccc3c(C(N)=O)[nH]nc3n2)CC1.NC(=O)c1[nH]nc2nc(F)ccc12.O=C(O)/C=C\C(=O)O. The molecule has 40 heavy (non-hydrogen) atoms. The van der Waals surface area contributed by atoms with E-state index in [9.17, 15) is 23.6 Å². The van der Waals surface area contributed by atoms with Gasteiger partial charge in [-0.05, 0) is 31.3 Å². The lowest BCUT2D eigenvalue weighted by molar-refractivity contribution is -0.134. The highest BCUT2D eigenvalue weighted by atomic mass is 19.1. The van der Waals surface area contributed by atoms with Crippen molar-refractivity contribution in [2.45, 2.75) is 0 Å². The number of primary amides is 2. The van der Waals surface area contributed by atoms with Crippen molar-refractivity contribution in [3.8, 4) is 0 Å². The first-order valence-corrected chi connectivity index (χ1v) is 11.5. The molecule has 17 heteroatoms. The Balaban J connectivity index is 0.000000182. The number of nitrogens with zero attached hydrogens (tertiary/aromatic N) is 6. The third-order valence-corrected chi connectivity index (χ3v) is 5.48. The van der Waals surface area contributed by atoms with Crippen LogP contribution in [-0.2, 0) is 9.59 Å². The lowest BCUT2D eigenvalue weighted by atomic mass is 10.2. The minimum atomic E-state index is -1.26. The molecule has 0 unspecified atom stereocenters. The molecular formula is C23H25FN10O6. The van der Waals surface area contributed by atoms with Gasteiger partial charge in [-0.25, -0.2) is 14.6 Å². The van der Waals surface area contributed by atoms with Crippen LogP contribution in [0.4, 0.5) is 10.2 Å². The third-order valence-electron chi connectivity index (χ3n) is 5.48. The van der Waals surface area contributed by atoms with Crippen molar-refractivity contribution in [3.63, 3.8) is 0 Å². The van der Waals surface area contributed by atoms with Crippen LogP contribution in [0.15, 0.2) is 36.4 Å². The van der Waals surface area contributed by atoms with Crippen LogP contribution >= 0.6 is 0 Å². The van der Waals surface area contributed by atoms with Crippen molar-refractivity contribution in [1.82, 2.24) is 35.3 Å². The van der Waals surface area contributed by atoms with Crippen molar-refractivity contribution < 1.29 is 33.8 Å². The number of H-pyrrole nitrogens is 2. The van der Waals surface area contributed by atoms with Gasteiger partial charge in [0.1, 0.15) is 17.2 Å². The number of carbonyl (C=O) groups is 4. The van der Waals surface area contributed by atoms with Gasteiger partial charge in [0, 0.05) is 38.3 Å². The number of carboxylic acid groups (broad SMARTS) is 2. The number of hydrogen-bond acceptors (Lipinski definition) is 10. The zero-order chi connectivity index (χ0) is 29.4. The van der Waals surface area contributed by atoms with E-state index in [1.807, 2.05) is 12.1 Å². The average molecular weight is 557 g/mol. The minimum absolute atomic E-state index is 0.141. The maximum Gasteiger partial charge on any atom is 0.328 e. The van der Waals surface area contributed by atoms with Crippen molar-refractivity contribution in [2.75, 3.05) is 38.1 Å². The van der Waals surface area contributed by atoms with Crippen LogP contribution < -0.4 is 16.4 Å². The molecule has 5 rings (SSSR count). The summed E-state index contributed by atoms with van der Waals surface area (Å²) in [6.07, 6.45) is 1.12. The summed E-state index contributed by atoms with van der Waals surface area (Å²) < 4.78 is 12.6. The standard InChI is InChI=1S/C12H16N6O.C7H5FN4O.C4H4O4/c1-17-4-6-18(7-5-17)9-3-2-8-10(11(13)19)15-16-12(8)14-9;8-4-2-1-3-5(6(9)13)11-12-7(3)10-4;5-3(6)1-2-4(7)8/h2-3H,4-7H2,1H3,(H2,13,19)(H,14,15,16);1-2H,(H2,9,13)(H,10,11,12);1-2H,(H,5,6)(H,7,8)/b;;2-1-. The van der Waals surface area contributed by atoms with E-state index in [1.165, 1.54) is 6.07 Å². The molecule has 1 saturated heterocycles. The highest BCUT2D eigenvalue weighted by molar-refractivity contribution is 6.03. The zero-order valence-corrected chi connectivity index (χ0v) is 21.0. The van der Waals surface area contributed by atoms with Crippen LogP contribution in [0.3, 0.4) is 0 Å². The molecule has 5 heterocycles. The second-order valence-electron chi connectivity index (χ2n) is 8.27. The molecule has 1 fully saturated rings. The van der Waals surface area contributed by atoms with Gasteiger partial charge in [-0.1, -0.05) is 0 Å². The van der Waals surface area contributed by atoms with Crippen LogP contribution in [0.2, 0.25) is 0 Å². The van der Waals surface area contributed by atoms with Gasteiger partial charge in [-0.2, -0.15) is 19.6 Å².